The molecule has 0 aliphatic carbocycles. The van der Waals surface area contributed by atoms with E-state index < -0.39 is 6.04 Å². The highest BCUT2D eigenvalue weighted by molar-refractivity contribution is 5.97. The van der Waals surface area contributed by atoms with Crippen molar-refractivity contribution in [1.82, 2.24) is 16.0 Å². The quantitative estimate of drug-likeness (QED) is 0.684. The number of hydrogen-bond acceptors (Lipinski definition) is 3. The molecule has 3 N–H and O–H groups in total. The van der Waals surface area contributed by atoms with E-state index in [0.717, 1.165) is 31.5 Å². The Bertz CT molecular complexity index is 719. The number of nitrogens with one attached hydrogen (secondary N) is 3. The van der Waals surface area contributed by atoms with E-state index in [1.165, 1.54) is 0 Å². The standard InChI is InChI=1S/C21H25N3O2.ClH/c25-20(18-9-5-2-6-10-18)24-19(17-7-3-1-4-8-17)21(26)23-14-12-16-11-13-22-15-16;/h1-10,16,19,22H,11-15H2,(H,23,26)(H,24,25);1H. The Morgan fingerprint density at radius 2 is 1.70 bits per heavy atom. The van der Waals surface area contributed by atoms with Crippen molar-refractivity contribution in [2.75, 3.05) is 19.6 Å². The number of rotatable bonds is 7. The molecule has 2 atom stereocenters. The van der Waals surface area contributed by atoms with Crippen LogP contribution in [0.15, 0.2) is 60.7 Å². The fourth-order valence-electron chi connectivity index (χ4n) is 3.21. The molecule has 2 amide bonds. The molecule has 1 heterocycles. The average molecular weight is 388 g/mol. The van der Waals surface area contributed by atoms with Crippen molar-refractivity contribution in [2.24, 2.45) is 5.92 Å². The van der Waals surface area contributed by atoms with E-state index >= 15 is 0 Å². The number of carbonyl (C=O) groups is 2. The maximum Gasteiger partial charge on any atom is 0.252 e. The van der Waals surface area contributed by atoms with Crippen molar-refractivity contribution in [3.63, 3.8) is 0 Å². The molecule has 5 nitrogen and oxygen atoms in total. The second kappa shape index (κ2) is 10.7. The van der Waals surface area contributed by atoms with Crippen LogP contribution in [0.1, 0.15) is 34.8 Å². The molecule has 2 aromatic carbocycles. The summed E-state index contributed by atoms with van der Waals surface area (Å²) in [6.45, 7) is 2.69. The summed E-state index contributed by atoms with van der Waals surface area (Å²) < 4.78 is 0. The highest BCUT2D eigenvalue weighted by atomic mass is 35.5. The fraction of sp³-hybridized carbons (Fsp3) is 0.333. The van der Waals surface area contributed by atoms with E-state index in [9.17, 15) is 9.59 Å². The van der Waals surface area contributed by atoms with Crippen LogP contribution in [-0.2, 0) is 4.79 Å². The molecule has 144 valence electrons. The first-order valence-electron chi connectivity index (χ1n) is 9.13. The van der Waals surface area contributed by atoms with E-state index in [4.69, 9.17) is 0 Å². The summed E-state index contributed by atoms with van der Waals surface area (Å²) in [5.41, 5.74) is 1.31. The van der Waals surface area contributed by atoms with Crippen molar-refractivity contribution in [3.8, 4) is 0 Å². The van der Waals surface area contributed by atoms with Gasteiger partial charge in [-0.1, -0.05) is 48.5 Å². The summed E-state index contributed by atoms with van der Waals surface area (Å²) >= 11 is 0. The monoisotopic (exact) mass is 387 g/mol. The smallest absolute Gasteiger partial charge is 0.252 e. The van der Waals surface area contributed by atoms with E-state index in [1.54, 1.807) is 12.1 Å². The normalized spacial score (nSPS) is 16.8. The van der Waals surface area contributed by atoms with Gasteiger partial charge in [-0.25, -0.2) is 0 Å². The number of hydrogen-bond donors (Lipinski definition) is 3. The molecule has 1 aliphatic heterocycles. The second-order valence-corrected chi connectivity index (χ2v) is 6.62. The predicted octanol–water partition coefficient (Wildman–Crippen LogP) is 2.70. The second-order valence-electron chi connectivity index (χ2n) is 6.62. The van der Waals surface area contributed by atoms with Gasteiger partial charge >= 0.3 is 0 Å². The van der Waals surface area contributed by atoms with Crippen LogP contribution in [0, 0.1) is 5.92 Å². The Kier molecular flexibility index (Phi) is 8.30. The molecule has 2 unspecified atom stereocenters. The molecule has 1 aliphatic rings. The zero-order chi connectivity index (χ0) is 18.2. The van der Waals surface area contributed by atoms with Crippen LogP contribution in [0.4, 0.5) is 0 Å². The van der Waals surface area contributed by atoms with Gasteiger partial charge in [0, 0.05) is 12.1 Å². The van der Waals surface area contributed by atoms with Crippen molar-refractivity contribution in [1.29, 1.82) is 0 Å². The lowest BCUT2D eigenvalue weighted by Crippen LogP contribution is -2.41. The molecule has 27 heavy (non-hydrogen) atoms. The molecule has 0 spiro atoms. The number of carbonyl (C=O) groups excluding carboxylic acids is 2. The van der Waals surface area contributed by atoms with Crippen LogP contribution in [0.3, 0.4) is 0 Å². The minimum atomic E-state index is -0.703. The van der Waals surface area contributed by atoms with E-state index in [0.29, 0.717) is 18.0 Å². The highest BCUT2D eigenvalue weighted by Gasteiger charge is 2.23. The van der Waals surface area contributed by atoms with Crippen LogP contribution in [0.25, 0.3) is 0 Å². The number of halogens is 1. The van der Waals surface area contributed by atoms with Crippen LogP contribution in [0.5, 0.6) is 0 Å². The average Bonchev–Trinajstić information content (AvgIpc) is 3.20. The molecule has 3 rings (SSSR count). The lowest BCUT2D eigenvalue weighted by Gasteiger charge is -2.19. The van der Waals surface area contributed by atoms with E-state index in [2.05, 4.69) is 16.0 Å². The SMILES string of the molecule is Cl.O=C(NC(C(=O)NCCC1CCNC1)c1ccccc1)c1ccccc1. The van der Waals surface area contributed by atoms with Gasteiger partial charge in [-0.15, -0.1) is 12.4 Å². The highest BCUT2D eigenvalue weighted by Crippen LogP contribution is 2.15. The molecular weight excluding hydrogens is 362 g/mol. The predicted molar refractivity (Wildman–Crippen MR) is 109 cm³/mol. The lowest BCUT2D eigenvalue weighted by molar-refractivity contribution is -0.123. The maximum atomic E-state index is 12.7. The zero-order valence-electron chi connectivity index (χ0n) is 15.2. The van der Waals surface area contributed by atoms with Crippen LogP contribution >= 0.6 is 12.4 Å². The van der Waals surface area contributed by atoms with Crippen LogP contribution < -0.4 is 16.0 Å². The summed E-state index contributed by atoms with van der Waals surface area (Å²) in [6.07, 6.45) is 2.11. The summed E-state index contributed by atoms with van der Waals surface area (Å²) in [7, 11) is 0. The summed E-state index contributed by atoms with van der Waals surface area (Å²) in [6, 6.07) is 17.6. The zero-order valence-corrected chi connectivity index (χ0v) is 16.0. The van der Waals surface area contributed by atoms with Crippen LogP contribution in [-0.4, -0.2) is 31.4 Å². The Labute approximate surface area is 166 Å². The van der Waals surface area contributed by atoms with Gasteiger partial charge in [0.2, 0.25) is 5.91 Å². The Morgan fingerprint density at radius 3 is 2.33 bits per heavy atom. The molecule has 2 aromatic rings. The minimum absolute atomic E-state index is 0. The van der Waals surface area contributed by atoms with Gasteiger partial charge in [-0.05, 0) is 49.5 Å². The molecule has 0 saturated carbocycles. The van der Waals surface area contributed by atoms with Gasteiger partial charge in [0.15, 0.2) is 0 Å². The van der Waals surface area contributed by atoms with Gasteiger partial charge in [-0.2, -0.15) is 0 Å². The van der Waals surface area contributed by atoms with Crippen molar-refractivity contribution < 1.29 is 9.59 Å². The third-order valence-electron chi connectivity index (χ3n) is 4.72. The van der Waals surface area contributed by atoms with E-state index in [-0.39, 0.29) is 24.2 Å². The summed E-state index contributed by atoms with van der Waals surface area (Å²) in [5, 5.41) is 9.18. The third-order valence-corrected chi connectivity index (χ3v) is 4.72. The largest absolute Gasteiger partial charge is 0.354 e. The topological polar surface area (TPSA) is 70.2 Å². The first-order chi connectivity index (χ1) is 12.7. The molecular formula is C21H26ClN3O2. The van der Waals surface area contributed by atoms with Crippen molar-refractivity contribution in [3.05, 3.63) is 71.8 Å². The minimum Gasteiger partial charge on any atom is -0.354 e. The van der Waals surface area contributed by atoms with Gasteiger partial charge in [0.25, 0.3) is 5.91 Å². The van der Waals surface area contributed by atoms with Crippen molar-refractivity contribution >= 4 is 24.2 Å². The summed E-state index contributed by atoms with van der Waals surface area (Å²) in [5.74, 6) is 0.186. The molecule has 1 saturated heterocycles. The Balaban J connectivity index is 0.00000261. The first-order valence-corrected chi connectivity index (χ1v) is 9.13. The Morgan fingerprint density at radius 1 is 1.04 bits per heavy atom. The van der Waals surface area contributed by atoms with Crippen LogP contribution in [0.2, 0.25) is 0 Å². The maximum absolute atomic E-state index is 12.7. The van der Waals surface area contributed by atoms with E-state index in [1.807, 2.05) is 48.5 Å². The molecule has 0 aromatic heterocycles. The lowest BCUT2D eigenvalue weighted by atomic mass is 10.0. The first kappa shape index (κ1) is 20.9. The number of benzene rings is 2. The Hall–Kier alpha value is -2.37. The fourth-order valence-corrected chi connectivity index (χ4v) is 3.21. The van der Waals surface area contributed by atoms with Gasteiger partial charge in [0.1, 0.15) is 6.04 Å². The molecule has 6 heteroatoms. The van der Waals surface area contributed by atoms with Crippen molar-refractivity contribution in [2.45, 2.75) is 18.9 Å². The molecule has 1 fully saturated rings. The summed E-state index contributed by atoms with van der Waals surface area (Å²) in [4.78, 5) is 25.3. The third kappa shape index (κ3) is 6.08. The molecule has 0 radical (unpaired) electrons. The number of amides is 2. The van der Waals surface area contributed by atoms with Gasteiger partial charge < -0.3 is 16.0 Å². The van der Waals surface area contributed by atoms with Gasteiger partial charge in [-0.3, -0.25) is 9.59 Å². The molecule has 0 bridgehead atoms. The van der Waals surface area contributed by atoms with Gasteiger partial charge in [0.05, 0.1) is 0 Å².